The third-order valence-corrected chi connectivity index (χ3v) is 4.15. The van der Waals surface area contributed by atoms with Gasteiger partial charge in [-0.15, -0.1) is 0 Å². The summed E-state index contributed by atoms with van der Waals surface area (Å²) in [7, 11) is 0. The highest BCUT2D eigenvalue weighted by Crippen LogP contribution is 2.23. The molecule has 0 saturated heterocycles. The van der Waals surface area contributed by atoms with Crippen LogP contribution in [0.15, 0.2) is 53.3 Å². The van der Waals surface area contributed by atoms with E-state index in [0.717, 1.165) is 26.8 Å². The highest BCUT2D eigenvalue weighted by atomic mass is 79.9. The van der Waals surface area contributed by atoms with E-state index >= 15 is 0 Å². The standard InChI is InChI=1S/C19H17BrN4O/c1-2-15(10-21)25-16-5-3-4-13(8-16)11-23-17-6-7-22-18-9-14(20)12-24-19(17)18/h3-9,12,15H,2,11H2,1H3,(H,22,23). The lowest BCUT2D eigenvalue weighted by atomic mass is 10.2. The molecule has 25 heavy (non-hydrogen) atoms. The maximum Gasteiger partial charge on any atom is 0.184 e. The summed E-state index contributed by atoms with van der Waals surface area (Å²) in [4.78, 5) is 8.78. The van der Waals surface area contributed by atoms with Crippen molar-refractivity contribution in [1.29, 1.82) is 5.26 Å². The number of ether oxygens (including phenoxy) is 1. The zero-order valence-electron chi connectivity index (χ0n) is 13.7. The summed E-state index contributed by atoms with van der Waals surface area (Å²) in [5, 5.41) is 12.4. The molecule has 1 N–H and O–H groups in total. The van der Waals surface area contributed by atoms with E-state index in [2.05, 4.69) is 37.3 Å². The molecule has 1 unspecified atom stereocenters. The molecule has 0 aliphatic rings. The molecule has 3 aromatic rings. The summed E-state index contributed by atoms with van der Waals surface area (Å²) >= 11 is 3.41. The van der Waals surface area contributed by atoms with Crippen LogP contribution in [-0.4, -0.2) is 16.1 Å². The molecule has 0 bridgehead atoms. The molecule has 0 fully saturated rings. The Hall–Kier alpha value is -2.65. The number of halogens is 1. The number of rotatable bonds is 6. The summed E-state index contributed by atoms with van der Waals surface area (Å²) in [6.07, 6.45) is 3.76. The highest BCUT2D eigenvalue weighted by Gasteiger charge is 2.07. The first-order chi connectivity index (χ1) is 12.2. The third kappa shape index (κ3) is 4.25. The molecule has 3 rings (SSSR count). The van der Waals surface area contributed by atoms with Crippen molar-refractivity contribution in [3.8, 4) is 11.8 Å². The molecule has 126 valence electrons. The molecule has 2 heterocycles. The van der Waals surface area contributed by atoms with Crippen molar-refractivity contribution < 1.29 is 4.74 Å². The van der Waals surface area contributed by atoms with E-state index in [0.29, 0.717) is 18.7 Å². The second kappa shape index (κ2) is 7.95. The molecule has 5 nitrogen and oxygen atoms in total. The average molecular weight is 397 g/mol. The zero-order chi connectivity index (χ0) is 17.6. The molecule has 6 heteroatoms. The Morgan fingerprint density at radius 1 is 1.28 bits per heavy atom. The van der Waals surface area contributed by atoms with E-state index in [9.17, 15) is 0 Å². The quantitative estimate of drug-likeness (QED) is 0.654. The van der Waals surface area contributed by atoms with Crippen LogP contribution < -0.4 is 10.1 Å². The molecule has 0 saturated carbocycles. The van der Waals surface area contributed by atoms with Gasteiger partial charge in [0.1, 0.15) is 17.3 Å². The summed E-state index contributed by atoms with van der Waals surface area (Å²) in [5.41, 5.74) is 3.64. The van der Waals surface area contributed by atoms with E-state index in [1.54, 1.807) is 12.4 Å². The number of nitrogens with zero attached hydrogens (tertiary/aromatic N) is 3. The molecular weight excluding hydrogens is 380 g/mol. The first kappa shape index (κ1) is 17.2. The Kier molecular flexibility index (Phi) is 5.46. The Labute approximate surface area is 154 Å². The first-order valence-corrected chi connectivity index (χ1v) is 8.78. The van der Waals surface area contributed by atoms with Crippen molar-refractivity contribution in [2.75, 3.05) is 5.32 Å². The van der Waals surface area contributed by atoms with Crippen LogP contribution in [0.3, 0.4) is 0 Å². The number of aromatic nitrogens is 2. The topological polar surface area (TPSA) is 70.8 Å². The normalized spacial score (nSPS) is 11.7. The minimum Gasteiger partial charge on any atom is -0.476 e. The largest absolute Gasteiger partial charge is 0.476 e. The van der Waals surface area contributed by atoms with Gasteiger partial charge in [0.15, 0.2) is 6.10 Å². The van der Waals surface area contributed by atoms with Gasteiger partial charge < -0.3 is 10.1 Å². The molecule has 0 spiro atoms. The van der Waals surface area contributed by atoms with Gasteiger partial charge in [0.25, 0.3) is 0 Å². The Morgan fingerprint density at radius 2 is 2.16 bits per heavy atom. The van der Waals surface area contributed by atoms with Crippen LogP contribution in [0.2, 0.25) is 0 Å². The van der Waals surface area contributed by atoms with E-state index < -0.39 is 6.10 Å². The molecular formula is C19H17BrN4O. The third-order valence-electron chi connectivity index (χ3n) is 3.72. The van der Waals surface area contributed by atoms with Gasteiger partial charge in [-0.05, 0) is 52.2 Å². The predicted molar refractivity (Wildman–Crippen MR) is 101 cm³/mol. The Bertz CT molecular complexity index is 923. The van der Waals surface area contributed by atoms with E-state index in [1.807, 2.05) is 43.3 Å². The average Bonchev–Trinajstić information content (AvgIpc) is 2.64. The van der Waals surface area contributed by atoms with Crippen molar-refractivity contribution in [3.63, 3.8) is 0 Å². The highest BCUT2D eigenvalue weighted by molar-refractivity contribution is 9.10. The molecule has 0 aliphatic carbocycles. The monoisotopic (exact) mass is 396 g/mol. The molecule has 1 atom stereocenters. The van der Waals surface area contributed by atoms with Crippen LogP contribution in [0, 0.1) is 11.3 Å². The summed E-state index contributed by atoms with van der Waals surface area (Å²) in [6, 6.07) is 13.7. The minimum atomic E-state index is -0.421. The van der Waals surface area contributed by atoms with E-state index in [1.165, 1.54) is 0 Å². The number of hydrogen-bond acceptors (Lipinski definition) is 5. The Morgan fingerprint density at radius 3 is 2.96 bits per heavy atom. The van der Waals surface area contributed by atoms with Gasteiger partial charge in [-0.1, -0.05) is 19.1 Å². The maximum absolute atomic E-state index is 9.03. The van der Waals surface area contributed by atoms with Crippen LogP contribution in [0.5, 0.6) is 5.75 Å². The van der Waals surface area contributed by atoms with E-state index in [-0.39, 0.29) is 0 Å². The van der Waals surface area contributed by atoms with Crippen molar-refractivity contribution in [1.82, 2.24) is 9.97 Å². The molecule has 0 aliphatic heterocycles. The molecule has 2 aromatic heterocycles. The number of nitriles is 1. The number of fused-ring (bicyclic) bond motifs is 1. The fraction of sp³-hybridized carbons (Fsp3) is 0.211. The van der Waals surface area contributed by atoms with Crippen LogP contribution in [0.25, 0.3) is 11.0 Å². The number of hydrogen-bond donors (Lipinski definition) is 1. The van der Waals surface area contributed by atoms with Gasteiger partial charge in [-0.25, -0.2) is 0 Å². The van der Waals surface area contributed by atoms with Gasteiger partial charge in [0.2, 0.25) is 0 Å². The number of anilines is 1. The number of benzene rings is 1. The summed E-state index contributed by atoms with van der Waals surface area (Å²) < 4.78 is 6.57. The number of pyridine rings is 2. The second-order valence-corrected chi connectivity index (χ2v) is 6.44. The summed E-state index contributed by atoms with van der Waals surface area (Å²) in [6.45, 7) is 2.55. The second-order valence-electron chi connectivity index (χ2n) is 5.52. The van der Waals surface area contributed by atoms with Crippen molar-refractivity contribution in [3.05, 3.63) is 58.8 Å². The number of nitrogens with one attached hydrogen (secondary N) is 1. The predicted octanol–water partition coefficient (Wildman–Crippen LogP) is 4.69. The van der Waals surface area contributed by atoms with Crippen LogP contribution in [0.1, 0.15) is 18.9 Å². The fourth-order valence-corrected chi connectivity index (χ4v) is 2.76. The lowest BCUT2D eigenvalue weighted by Gasteiger charge is -2.12. The van der Waals surface area contributed by atoms with Gasteiger partial charge in [0.05, 0.1) is 11.2 Å². The van der Waals surface area contributed by atoms with Gasteiger partial charge in [-0.2, -0.15) is 5.26 Å². The smallest absolute Gasteiger partial charge is 0.184 e. The Balaban J connectivity index is 1.75. The molecule has 1 aromatic carbocycles. The van der Waals surface area contributed by atoms with Crippen LogP contribution in [-0.2, 0) is 6.54 Å². The van der Waals surface area contributed by atoms with Gasteiger partial charge in [0, 0.05) is 23.4 Å². The SMILES string of the molecule is CCC(C#N)Oc1cccc(CNc2ccnc3cc(Br)cnc23)c1. The first-order valence-electron chi connectivity index (χ1n) is 7.99. The van der Waals surface area contributed by atoms with Gasteiger partial charge in [-0.3, -0.25) is 9.97 Å². The van der Waals surface area contributed by atoms with Crippen molar-refractivity contribution in [2.24, 2.45) is 0 Å². The van der Waals surface area contributed by atoms with Gasteiger partial charge >= 0.3 is 0 Å². The van der Waals surface area contributed by atoms with Crippen LogP contribution >= 0.6 is 15.9 Å². The lowest BCUT2D eigenvalue weighted by molar-refractivity contribution is 0.251. The minimum absolute atomic E-state index is 0.421. The zero-order valence-corrected chi connectivity index (χ0v) is 15.3. The molecule has 0 radical (unpaired) electrons. The fourth-order valence-electron chi connectivity index (χ4n) is 2.44. The van der Waals surface area contributed by atoms with Crippen molar-refractivity contribution in [2.45, 2.75) is 26.0 Å². The lowest BCUT2D eigenvalue weighted by Crippen LogP contribution is -2.12. The van der Waals surface area contributed by atoms with Crippen LogP contribution in [0.4, 0.5) is 5.69 Å². The molecule has 0 amide bonds. The van der Waals surface area contributed by atoms with Crippen molar-refractivity contribution >= 4 is 32.7 Å². The summed E-state index contributed by atoms with van der Waals surface area (Å²) in [5.74, 6) is 0.703. The maximum atomic E-state index is 9.03. The van der Waals surface area contributed by atoms with E-state index in [4.69, 9.17) is 10.00 Å².